The lowest BCUT2D eigenvalue weighted by Gasteiger charge is -2.32. The molecule has 0 saturated carbocycles. The van der Waals surface area contributed by atoms with Crippen molar-refractivity contribution in [3.63, 3.8) is 0 Å². The van der Waals surface area contributed by atoms with E-state index >= 15 is 0 Å². The number of rotatable bonds is 2. The number of hydrogen-bond acceptors (Lipinski definition) is 6. The smallest absolute Gasteiger partial charge is 0.410 e. The molecule has 26 heavy (non-hydrogen) atoms. The molecular formula is C16H11F3N4O3. The Kier molecular flexibility index (Phi) is 4.20. The minimum absolute atomic E-state index is 0.132. The zero-order valence-corrected chi connectivity index (χ0v) is 12.9. The molecular weight excluding hydrogens is 353 g/mol. The summed E-state index contributed by atoms with van der Waals surface area (Å²) in [6.07, 6.45) is -2.96. The van der Waals surface area contributed by atoms with Crippen molar-refractivity contribution in [2.24, 2.45) is 10.3 Å². The number of hydrogen-bond donors (Lipinski definition) is 2. The van der Waals surface area contributed by atoms with Gasteiger partial charge in [0.15, 0.2) is 5.71 Å². The van der Waals surface area contributed by atoms with Gasteiger partial charge in [-0.05, 0) is 12.1 Å². The van der Waals surface area contributed by atoms with E-state index in [0.717, 1.165) is 0 Å². The first-order valence-corrected chi connectivity index (χ1v) is 7.21. The molecule has 0 radical (unpaired) electrons. The third-order valence-electron chi connectivity index (χ3n) is 3.72. The monoisotopic (exact) mass is 364 g/mol. The van der Waals surface area contributed by atoms with Gasteiger partial charge in [0.05, 0.1) is 0 Å². The molecule has 1 aliphatic heterocycles. The highest BCUT2D eigenvalue weighted by molar-refractivity contribution is 6.52. The molecule has 0 saturated heterocycles. The summed E-state index contributed by atoms with van der Waals surface area (Å²) in [6, 6.07) is 9.81. The van der Waals surface area contributed by atoms with Crippen LogP contribution in [0.3, 0.4) is 0 Å². The van der Waals surface area contributed by atoms with Crippen LogP contribution in [0, 0.1) is 0 Å². The molecule has 3 rings (SSSR count). The Hall–Kier alpha value is -3.27. The fraction of sp³-hybridized carbons (Fsp3) is 0.125. The lowest BCUT2D eigenvalue weighted by molar-refractivity contribution is -0.269. The van der Waals surface area contributed by atoms with Crippen LogP contribution in [0.1, 0.15) is 15.9 Å². The number of alkyl halides is 3. The molecule has 2 heterocycles. The van der Waals surface area contributed by atoms with Gasteiger partial charge in [0.25, 0.3) is 5.91 Å². The Bertz CT molecular complexity index is 885. The van der Waals surface area contributed by atoms with Crippen molar-refractivity contribution in [3.05, 3.63) is 66.0 Å². The fourth-order valence-corrected chi connectivity index (χ4v) is 2.46. The van der Waals surface area contributed by atoms with Crippen LogP contribution < -0.4 is 0 Å². The second kappa shape index (κ2) is 6.23. The molecule has 2 aromatic rings. The van der Waals surface area contributed by atoms with E-state index in [4.69, 9.17) is 5.21 Å². The summed E-state index contributed by atoms with van der Waals surface area (Å²) in [5.74, 6) is -1.24. The standard InChI is InChI=1S/C16H11F3N4O3/c17-16(18,19)15(25)13(22-26)12(10-4-2-1-3-5-10)21-23(15)14(24)11-6-8-20-9-7-11/h1-9,25-26H/b22-13+. The largest absolute Gasteiger partial charge is 0.445 e. The molecule has 1 aromatic carbocycles. The molecule has 7 nitrogen and oxygen atoms in total. The minimum atomic E-state index is -5.38. The molecule has 1 atom stereocenters. The van der Waals surface area contributed by atoms with Gasteiger partial charge in [0, 0.05) is 23.5 Å². The number of halogens is 3. The average molecular weight is 364 g/mol. The first-order chi connectivity index (χ1) is 12.3. The predicted octanol–water partition coefficient (Wildman–Crippen LogP) is 2.02. The molecule has 0 bridgehead atoms. The van der Waals surface area contributed by atoms with Crippen LogP contribution in [0.15, 0.2) is 65.1 Å². The van der Waals surface area contributed by atoms with Crippen LogP contribution in [-0.4, -0.2) is 49.5 Å². The minimum Gasteiger partial charge on any atom is -0.410 e. The van der Waals surface area contributed by atoms with E-state index in [9.17, 15) is 23.1 Å². The van der Waals surface area contributed by atoms with E-state index in [2.05, 4.69) is 15.2 Å². The average Bonchev–Trinajstić information content (AvgIpc) is 2.96. The van der Waals surface area contributed by atoms with Crippen LogP contribution in [0.4, 0.5) is 13.2 Å². The van der Waals surface area contributed by atoms with Crippen molar-refractivity contribution in [1.82, 2.24) is 9.99 Å². The lowest BCUT2D eigenvalue weighted by Crippen LogP contribution is -2.61. The number of benzene rings is 1. The number of carbonyl (C=O) groups excluding carboxylic acids is 1. The summed E-state index contributed by atoms with van der Waals surface area (Å²) < 4.78 is 41.0. The van der Waals surface area contributed by atoms with Gasteiger partial charge in [-0.3, -0.25) is 9.78 Å². The zero-order chi connectivity index (χ0) is 18.9. The van der Waals surface area contributed by atoms with Crippen molar-refractivity contribution in [3.8, 4) is 0 Å². The van der Waals surface area contributed by atoms with Gasteiger partial charge in [-0.2, -0.15) is 23.3 Å². The third kappa shape index (κ3) is 2.60. The number of nitrogens with zero attached hydrogens (tertiary/aromatic N) is 4. The SMILES string of the molecule is O=C(c1ccncc1)N1N=C(c2ccccc2)/C(=N\O)C1(O)C(F)(F)F. The topological polar surface area (TPSA) is 98.4 Å². The summed E-state index contributed by atoms with van der Waals surface area (Å²) >= 11 is 0. The number of oxime groups is 1. The summed E-state index contributed by atoms with van der Waals surface area (Å²) in [4.78, 5) is 16.2. The van der Waals surface area contributed by atoms with Gasteiger partial charge in [-0.1, -0.05) is 35.5 Å². The highest BCUT2D eigenvalue weighted by Crippen LogP contribution is 2.40. The number of amides is 1. The second-order valence-electron chi connectivity index (χ2n) is 5.29. The first-order valence-electron chi connectivity index (χ1n) is 7.21. The maximum Gasteiger partial charge on any atom is 0.445 e. The maximum absolute atomic E-state index is 13.7. The molecule has 0 spiro atoms. The fourth-order valence-electron chi connectivity index (χ4n) is 2.46. The Morgan fingerprint density at radius 1 is 1.12 bits per heavy atom. The molecule has 10 heteroatoms. The maximum atomic E-state index is 13.7. The van der Waals surface area contributed by atoms with E-state index in [1.165, 1.54) is 48.8 Å². The molecule has 2 N–H and O–H groups in total. The molecule has 134 valence electrons. The normalized spacial score (nSPS) is 21.8. The number of pyridine rings is 1. The Morgan fingerprint density at radius 3 is 2.27 bits per heavy atom. The number of carbonyl (C=O) groups is 1. The molecule has 1 aliphatic rings. The van der Waals surface area contributed by atoms with Crippen LogP contribution in [0.2, 0.25) is 0 Å². The molecule has 0 aliphatic carbocycles. The van der Waals surface area contributed by atoms with E-state index in [0.29, 0.717) is 0 Å². The van der Waals surface area contributed by atoms with Crippen molar-refractivity contribution in [2.45, 2.75) is 11.9 Å². The Balaban J connectivity index is 2.19. The molecule has 1 amide bonds. The molecule has 0 fully saturated rings. The zero-order valence-electron chi connectivity index (χ0n) is 12.9. The van der Waals surface area contributed by atoms with Crippen LogP contribution >= 0.6 is 0 Å². The highest BCUT2D eigenvalue weighted by atomic mass is 19.4. The molecule has 1 unspecified atom stereocenters. The van der Waals surface area contributed by atoms with Crippen LogP contribution in [0.25, 0.3) is 0 Å². The van der Waals surface area contributed by atoms with Crippen molar-refractivity contribution in [1.29, 1.82) is 0 Å². The van der Waals surface area contributed by atoms with Crippen molar-refractivity contribution >= 4 is 17.3 Å². The van der Waals surface area contributed by atoms with Crippen molar-refractivity contribution < 1.29 is 28.3 Å². The van der Waals surface area contributed by atoms with E-state index in [1.54, 1.807) is 6.07 Å². The second-order valence-corrected chi connectivity index (χ2v) is 5.29. The quantitative estimate of drug-likeness (QED) is 0.629. The highest BCUT2D eigenvalue weighted by Gasteiger charge is 2.68. The Morgan fingerprint density at radius 2 is 1.73 bits per heavy atom. The van der Waals surface area contributed by atoms with E-state index in [-0.39, 0.29) is 16.1 Å². The van der Waals surface area contributed by atoms with E-state index in [1.807, 2.05) is 0 Å². The van der Waals surface area contributed by atoms with Crippen LogP contribution in [-0.2, 0) is 0 Å². The summed E-state index contributed by atoms with van der Waals surface area (Å²) in [6.45, 7) is 0. The number of hydrazone groups is 1. The van der Waals surface area contributed by atoms with Crippen molar-refractivity contribution in [2.75, 3.05) is 0 Å². The lowest BCUT2D eigenvalue weighted by atomic mass is 9.98. The third-order valence-corrected chi connectivity index (χ3v) is 3.72. The predicted molar refractivity (Wildman–Crippen MR) is 83.6 cm³/mol. The van der Waals surface area contributed by atoms with Gasteiger partial charge < -0.3 is 10.3 Å². The van der Waals surface area contributed by atoms with Gasteiger partial charge in [-0.25, -0.2) is 0 Å². The summed E-state index contributed by atoms with van der Waals surface area (Å²) in [5.41, 5.74) is -5.65. The van der Waals surface area contributed by atoms with E-state index < -0.39 is 29.2 Å². The van der Waals surface area contributed by atoms with Gasteiger partial charge in [0.1, 0.15) is 5.71 Å². The number of aliphatic hydroxyl groups is 1. The van der Waals surface area contributed by atoms with Gasteiger partial charge in [0.2, 0.25) is 0 Å². The summed E-state index contributed by atoms with van der Waals surface area (Å²) in [7, 11) is 0. The van der Waals surface area contributed by atoms with Gasteiger partial charge in [-0.15, -0.1) is 0 Å². The Labute approximate surface area is 144 Å². The molecule has 1 aromatic heterocycles. The van der Waals surface area contributed by atoms with Gasteiger partial charge >= 0.3 is 11.9 Å². The first kappa shape index (κ1) is 17.5. The number of aromatic nitrogens is 1. The summed E-state index contributed by atoms with van der Waals surface area (Å²) in [5, 5.41) is 25.6. The van der Waals surface area contributed by atoms with Crippen LogP contribution in [0.5, 0.6) is 0 Å².